The van der Waals surface area contributed by atoms with E-state index in [4.69, 9.17) is 23.2 Å². The van der Waals surface area contributed by atoms with Gasteiger partial charge in [0.25, 0.3) is 15.9 Å². The predicted octanol–water partition coefficient (Wildman–Crippen LogP) is 5.49. The molecule has 0 radical (unpaired) electrons. The number of carbonyl (C=O) groups excluding carboxylic acids is 1. The van der Waals surface area contributed by atoms with E-state index in [2.05, 4.69) is 10.0 Å². The third kappa shape index (κ3) is 5.06. The van der Waals surface area contributed by atoms with Crippen LogP contribution in [0, 0.1) is 12.7 Å². The van der Waals surface area contributed by atoms with Crippen LogP contribution < -0.4 is 10.0 Å². The monoisotopic (exact) mass is 452 g/mol. The van der Waals surface area contributed by atoms with Crippen molar-refractivity contribution in [1.29, 1.82) is 0 Å². The molecule has 3 aromatic rings. The van der Waals surface area contributed by atoms with Crippen LogP contribution in [0.15, 0.2) is 65.6 Å². The molecule has 0 aliphatic heterocycles. The van der Waals surface area contributed by atoms with Gasteiger partial charge < -0.3 is 5.32 Å². The average molecular weight is 453 g/mol. The summed E-state index contributed by atoms with van der Waals surface area (Å²) in [6.07, 6.45) is 0. The number of halogens is 3. The molecule has 0 bridgehead atoms. The molecule has 3 rings (SSSR count). The van der Waals surface area contributed by atoms with Gasteiger partial charge in [0.1, 0.15) is 10.7 Å². The van der Waals surface area contributed by atoms with Crippen LogP contribution in [0.3, 0.4) is 0 Å². The number of hydrogen-bond donors (Lipinski definition) is 2. The smallest absolute Gasteiger partial charge is 0.263 e. The zero-order valence-electron chi connectivity index (χ0n) is 15.0. The van der Waals surface area contributed by atoms with E-state index < -0.39 is 21.7 Å². The SMILES string of the molecule is Cc1ccc(NC(=O)c2ccc(NS(=O)(=O)c3cc(Cl)ccc3Cl)cc2)c(F)c1. The van der Waals surface area contributed by atoms with E-state index in [0.717, 1.165) is 5.56 Å². The standard InChI is InChI=1S/C20H15Cl2FN2O3S/c1-12-2-9-18(17(23)10-12)24-20(26)13-3-6-15(7-4-13)25-29(27,28)19-11-14(21)5-8-16(19)22/h2-11,25H,1H3,(H,24,26). The van der Waals surface area contributed by atoms with Gasteiger partial charge in [-0.3, -0.25) is 9.52 Å². The third-order valence-corrected chi connectivity index (χ3v) is 6.05. The van der Waals surface area contributed by atoms with Crippen molar-refractivity contribution in [2.45, 2.75) is 11.8 Å². The molecule has 0 saturated heterocycles. The average Bonchev–Trinajstić information content (AvgIpc) is 2.66. The Morgan fingerprint density at radius 1 is 0.966 bits per heavy atom. The predicted molar refractivity (Wildman–Crippen MR) is 113 cm³/mol. The van der Waals surface area contributed by atoms with Crippen LogP contribution in [0.5, 0.6) is 0 Å². The largest absolute Gasteiger partial charge is 0.319 e. The van der Waals surface area contributed by atoms with E-state index in [1.54, 1.807) is 13.0 Å². The number of amides is 1. The molecular formula is C20H15Cl2FN2O3S. The number of hydrogen-bond acceptors (Lipinski definition) is 3. The molecule has 0 atom stereocenters. The third-order valence-electron chi connectivity index (χ3n) is 3.95. The first-order valence-electron chi connectivity index (χ1n) is 8.31. The molecule has 3 aromatic carbocycles. The van der Waals surface area contributed by atoms with Crippen LogP contribution >= 0.6 is 23.2 Å². The normalized spacial score (nSPS) is 11.2. The van der Waals surface area contributed by atoms with Crippen LogP contribution in [0.1, 0.15) is 15.9 Å². The first kappa shape index (κ1) is 21.1. The number of aryl methyl sites for hydroxylation is 1. The Bertz CT molecular complexity index is 1180. The molecule has 0 aliphatic carbocycles. The molecule has 0 heterocycles. The molecule has 29 heavy (non-hydrogen) atoms. The van der Waals surface area contributed by atoms with E-state index >= 15 is 0 Å². The number of sulfonamides is 1. The Morgan fingerprint density at radius 3 is 2.31 bits per heavy atom. The lowest BCUT2D eigenvalue weighted by molar-refractivity contribution is 0.102. The highest BCUT2D eigenvalue weighted by Gasteiger charge is 2.19. The first-order valence-corrected chi connectivity index (χ1v) is 10.5. The minimum atomic E-state index is -3.97. The molecule has 5 nitrogen and oxygen atoms in total. The topological polar surface area (TPSA) is 75.3 Å². The highest BCUT2D eigenvalue weighted by atomic mass is 35.5. The van der Waals surface area contributed by atoms with E-state index in [-0.39, 0.29) is 31.9 Å². The number of rotatable bonds is 5. The van der Waals surface area contributed by atoms with Gasteiger partial charge in [0, 0.05) is 16.3 Å². The second kappa shape index (κ2) is 8.41. The van der Waals surface area contributed by atoms with Gasteiger partial charge in [0.15, 0.2) is 0 Å². The van der Waals surface area contributed by atoms with E-state index in [0.29, 0.717) is 0 Å². The fraction of sp³-hybridized carbons (Fsp3) is 0.0500. The molecule has 9 heteroatoms. The van der Waals surface area contributed by atoms with Crippen molar-refractivity contribution in [3.05, 3.63) is 87.7 Å². The van der Waals surface area contributed by atoms with Gasteiger partial charge >= 0.3 is 0 Å². The van der Waals surface area contributed by atoms with Crippen LogP contribution in [0.2, 0.25) is 10.0 Å². The van der Waals surface area contributed by atoms with Crippen molar-refractivity contribution in [1.82, 2.24) is 0 Å². The molecule has 0 aromatic heterocycles. The van der Waals surface area contributed by atoms with Gasteiger partial charge in [-0.1, -0.05) is 29.3 Å². The maximum absolute atomic E-state index is 13.9. The zero-order valence-corrected chi connectivity index (χ0v) is 17.4. The Balaban J connectivity index is 1.76. The highest BCUT2D eigenvalue weighted by Crippen LogP contribution is 2.27. The molecule has 1 amide bonds. The number of carbonyl (C=O) groups is 1. The Labute approximate surface area is 177 Å². The summed E-state index contributed by atoms with van der Waals surface area (Å²) in [5, 5.41) is 2.73. The highest BCUT2D eigenvalue weighted by molar-refractivity contribution is 7.92. The van der Waals surface area contributed by atoms with Crippen LogP contribution in [-0.4, -0.2) is 14.3 Å². The van der Waals surface area contributed by atoms with E-state index in [9.17, 15) is 17.6 Å². The fourth-order valence-electron chi connectivity index (χ4n) is 2.50. The van der Waals surface area contributed by atoms with Crippen molar-refractivity contribution in [3.8, 4) is 0 Å². The van der Waals surface area contributed by atoms with Gasteiger partial charge in [-0.2, -0.15) is 0 Å². The molecule has 0 unspecified atom stereocenters. The summed E-state index contributed by atoms with van der Waals surface area (Å²) in [6.45, 7) is 1.74. The zero-order chi connectivity index (χ0) is 21.2. The fourth-order valence-corrected chi connectivity index (χ4v) is 4.32. The summed E-state index contributed by atoms with van der Waals surface area (Å²) in [5.41, 5.74) is 1.24. The lowest BCUT2D eigenvalue weighted by Crippen LogP contribution is -2.15. The van der Waals surface area contributed by atoms with Gasteiger partial charge in [-0.05, 0) is 67.1 Å². The number of nitrogens with one attached hydrogen (secondary N) is 2. The molecule has 150 valence electrons. The van der Waals surface area contributed by atoms with Gasteiger partial charge in [-0.15, -0.1) is 0 Å². The van der Waals surface area contributed by atoms with Gasteiger partial charge in [-0.25, -0.2) is 12.8 Å². The van der Waals surface area contributed by atoms with E-state index in [1.807, 2.05) is 0 Å². The minimum Gasteiger partial charge on any atom is -0.319 e. The van der Waals surface area contributed by atoms with Crippen LogP contribution in [0.4, 0.5) is 15.8 Å². The number of anilines is 2. The van der Waals surface area contributed by atoms with Gasteiger partial charge in [0.2, 0.25) is 0 Å². The van der Waals surface area contributed by atoms with Crippen molar-refractivity contribution in [3.63, 3.8) is 0 Å². The quantitative estimate of drug-likeness (QED) is 0.536. The summed E-state index contributed by atoms with van der Waals surface area (Å²) < 4.78 is 41.3. The molecule has 2 N–H and O–H groups in total. The van der Waals surface area contributed by atoms with Gasteiger partial charge in [0.05, 0.1) is 10.7 Å². The molecule has 0 fully saturated rings. The van der Waals surface area contributed by atoms with Crippen molar-refractivity contribution < 1.29 is 17.6 Å². The lowest BCUT2D eigenvalue weighted by Gasteiger charge is -2.11. The summed E-state index contributed by atoms with van der Waals surface area (Å²) >= 11 is 11.8. The lowest BCUT2D eigenvalue weighted by atomic mass is 10.1. The van der Waals surface area contributed by atoms with E-state index in [1.165, 1.54) is 54.6 Å². The second-order valence-corrected chi connectivity index (χ2v) is 8.69. The maximum Gasteiger partial charge on any atom is 0.263 e. The summed E-state index contributed by atoms with van der Waals surface area (Å²) in [6, 6.07) is 14.2. The molecule has 0 spiro atoms. The van der Waals surface area contributed by atoms with Crippen molar-refractivity contribution in [2.24, 2.45) is 0 Å². The van der Waals surface area contributed by atoms with Crippen LogP contribution in [-0.2, 0) is 10.0 Å². The minimum absolute atomic E-state index is 0.0259. The molecule has 0 saturated carbocycles. The van der Waals surface area contributed by atoms with Crippen LogP contribution in [0.25, 0.3) is 0 Å². The van der Waals surface area contributed by atoms with Crippen molar-refractivity contribution in [2.75, 3.05) is 10.0 Å². The number of benzene rings is 3. The Morgan fingerprint density at radius 2 is 1.66 bits per heavy atom. The molecular weight excluding hydrogens is 438 g/mol. The second-order valence-electron chi connectivity index (χ2n) is 6.20. The summed E-state index contributed by atoms with van der Waals surface area (Å²) in [5.74, 6) is -1.07. The van der Waals surface area contributed by atoms with Crippen molar-refractivity contribution >= 4 is 50.5 Å². The Kier molecular flexibility index (Phi) is 6.12. The first-order chi connectivity index (χ1) is 13.7. The summed E-state index contributed by atoms with van der Waals surface area (Å²) in [4.78, 5) is 12.1. The molecule has 0 aliphatic rings. The summed E-state index contributed by atoms with van der Waals surface area (Å²) in [7, 11) is -3.97. The maximum atomic E-state index is 13.9. The Hall–Kier alpha value is -2.61.